The van der Waals surface area contributed by atoms with Crippen LogP contribution >= 0.6 is 0 Å². The molecule has 0 saturated heterocycles. The molecule has 7 nitrogen and oxygen atoms in total. The van der Waals surface area contributed by atoms with Gasteiger partial charge in [-0.1, -0.05) is 54.6 Å². The molecule has 0 fully saturated rings. The predicted molar refractivity (Wildman–Crippen MR) is 111 cm³/mol. The smallest absolute Gasteiger partial charge is 0.339 e. The molecule has 0 atom stereocenters. The first-order chi connectivity index (χ1) is 15.1. The zero-order chi connectivity index (χ0) is 21.6. The molecule has 0 radical (unpaired) electrons. The highest BCUT2D eigenvalue weighted by Crippen LogP contribution is 2.32. The van der Waals surface area contributed by atoms with Crippen molar-refractivity contribution in [1.29, 1.82) is 0 Å². The van der Waals surface area contributed by atoms with E-state index in [9.17, 15) is 14.4 Å². The molecule has 156 valence electrons. The molecular weight excluding hydrogens is 398 g/mol. The van der Waals surface area contributed by atoms with Gasteiger partial charge in [0.1, 0.15) is 0 Å². The lowest BCUT2D eigenvalue weighted by atomic mass is 9.98. The molecule has 0 aromatic heterocycles. The number of carbonyl (C=O) groups excluding carboxylic acids is 3. The summed E-state index contributed by atoms with van der Waals surface area (Å²) in [7, 11) is 0. The average Bonchev–Trinajstić information content (AvgIpc) is 3.29. The molecule has 31 heavy (non-hydrogen) atoms. The maximum Gasteiger partial charge on any atom is 0.339 e. The number of rotatable bonds is 7. The van der Waals surface area contributed by atoms with E-state index in [0.29, 0.717) is 17.1 Å². The van der Waals surface area contributed by atoms with Gasteiger partial charge in [0.25, 0.3) is 5.91 Å². The summed E-state index contributed by atoms with van der Waals surface area (Å²) in [4.78, 5) is 37.4. The monoisotopic (exact) mass is 417 g/mol. The Kier molecular flexibility index (Phi) is 5.93. The number of amides is 1. The van der Waals surface area contributed by atoms with Crippen molar-refractivity contribution in [3.63, 3.8) is 0 Å². The third-order valence-electron chi connectivity index (χ3n) is 4.69. The number of esters is 1. The molecule has 0 saturated carbocycles. The minimum absolute atomic E-state index is 0.111. The van der Waals surface area contributed by atoms with E-state index in [1.165, 1.54) is 6.07 Å². The zero-order valence-electron chi connectivity index (χ0n) is 16.5. The highest BCUT2D eigenvalue weighted by Gasteiger charge is 2.20. The quantitative estimate of drug-likeness (QED) is 0.469. The molecular formula is C24H19NO6. The fourth-order valence-corrected chi connectivity index (χ4v) is 3.12. The van der Waals surface area contributed by atoms with Gasteiger partial charge < -0.3 is 19.5 Å². The third-order valence-corrected chi connectivity index (χ3v) is 4.69. The Morgan fingerprint density at radius 2 is 1.55 bits per heavy atom. The Balaban J connectivity index is 1.34. The Labute approximate surface area is 178 Å². The molecule has 3 aromatic carbocycles. The van der Waals surface area contributed by atoms with Crippen LogP contribution < -0.4 is 14.8 Å². The van der Waals surface area contributed by atoms with Gasteiger partial charge in [-0.2, -0.15) is 0 Å². The van der Waals surface area contributed by atoms with Crippen LogP contribution in [0.1, 0.15) is 31.8 Å². The van der Waals surface area contributed by atoms with Gasteiger partial charge in [0.05, 0.1) is 5.56 Å². The van der Waals surface area contributed by atoms with Crippen molar-refractivity contribution in [2.75, 3.05) is 13.4 Å². The predicted octanol–water partition coefficient (Wildman–Crippen LogP) is 3.12. The molecule has 4 rings (SSSR count). The van der Waals surface area contributed by atoms with E-state index in [1.54, 1.807) is 60.7 Å². The number of hydrogen-bond donors (Lipinski definition) is 1. The van der Waals surface area contributed by atoms with Gasteiger partial charge in [-0.15, -0.1) is 0 Å². The molecule has 0 unspecified atom stereocenters. The van der Waals surface area contributed by atoms with Gasteiger partial charge in [-0.25, -0.2) is 4.79 Å². The van der Waals surface area contributed by atoms with Crippen LogP contribution in [-0.2, 0) is 16.1 Å². The number of benzene rings is 3. The minimum Gasteiger partial charge on any atom is -0.454 e. The van der Waals surface area contributed by atoms with E-state index < -0.39 is 18.5 Å². The van der Waals surface area contributed by atoms with Crippen molar-refractivity contribution in [3.8, 4) is 11.5 Å². The Bertz CT molecular complexity index is 1130. The molecule has 1 aliphatic heterocycles. The lowest BCUT2D eigenvalue weighted by Crippen LogP contribution is -2.28. The van der Waals surface area contributed by atoms with Crippen molar-refractivity contribution >= 4 is 17.7 Å². The van der Waals surface area contributed by atoms with Crippen LogP contribution in [0.4, 0.5) is 0 Å². The summed E-state index contributed by atoms with van der Waals surface area (Å²) in [6.07, 6.45) is 0. The van der Waals surface area contributed by atoms with Gasteiger partial charge >= 0.3 is 5.97 Å². The lowest BCUT2D eigenvalue weighted by molar-refractivity contribution is -0.124. The van der Waals surface area contributed by atoms with Crippen molar-refractivity contribution in [2.24, 2.45) is 0 Å². The summed E-state index contributed by atoms with van der Waals surface area (Å²) in [5.41, 5.74) is 1.62. The minimum atomic E-state index is -0.738. The lowest BCUT2D eigenvalue weighted by Gasteiger charge is -2.10. The van der Waals surface area contributed by atoms with Gasteiger partial charge in [0, 0.05) is 17.7 Å². The highest BCUT2D eigenvalue weighted by molar-refractivity contribution is 6.14. The van der Waals surface area contributed by atoms with E-state index in [4.69, 9.17) is 14.2 Å². The molecule has 0 spiro atoms. The summed E-state index contributed by atoms with van der Waals surface area (Å²) in [6, 6.07) is 20.4. The number of fused-ring (bicyclic) bond motifs is 1. The SMILES string of the molecule is O=C(COC(=O)c1ccccc1C(=O)c1ccccc1)NCc1ccc2c(c1)OCO2. The summed E-state index contributed by atoms with van der Waals surface area (Å²) in [5, 5.41) is 2.68. The van der Waals surface area contributed by atoms with Crippen LogP contribution in [0.2, 0.25) is 0 Å². The first-order valence-corrected chi connectivity index (χ1v) is 9.63. The molecule has 3 aromatic rings. The van der Waals surface area contributed by atoms with Gasteiger partial charge in [0.15, 0.2) is 23.9 Å². The van der Waals surface area contributed by atoms with E-state index in [1.807, 2.05) is 6.07 Å². The average molecular weight is 417 g/mol. The molecule has 7 heteroatoms. The zero-order valence-corrected chi connectivity index (χ0v) is 16.5. The first kappa shape index (κ1) is 20.2. The van der Waals surface area contributed by atoms with Gasteiger partial charge in [0.2, 0.25) is 6.79 Å². The topological polar surface area (TPSA) is 90.9 Å². The molecule has 1 heterocycles. The summed E-state index contributed by atoms with van der Waals surface area (Å²) in [5.74, 6) is -0.206. The first-order valence-electron chi connectivity index (χ1n) is 9.63. The molecule has 1 N–H and O–H groups in total. The number of ether oxygens (including phenoxy) is 3. The van der Waals surface area contributed by atoms with E-state index in [2.05, 4.69) is 5.32 Å². The Morgan fingerprint density at radius 1 is 0.839 bits per heavy atom. The number of hydrogen-bond acceptors (Lipinski definition) is 6. The number of nitrogens with one attached hydrogen (secondary N) is 1. The van der Waals surface area contributed by atoms with Crippen LogP contribution in [0.5, 0.6) is 11.5 Å². The van der Waals surface area contributed by atoms with Crippen molar-refractivity contribution in [2.45, 2.75) is 6.54 Å². The molecule has 0 bridgehead atoms. The number of carbonyl (C=O) groups is 3. The largest absolute Gasteiger partial charge is 0.454 e. The summed E-state index contributed by atoms with van der Waals surface area (Å²) < 4.78 is 15.7. The van der Waals surface area contributed by atoms with Crippen molar-refractivity contribution in [3.05, 3.63) is 95.1 Å². The van der Waals surface area contributed by atoms with Gasteiger partial charge in [-0.3, -0.25) is 9.59 Å². The second kappa shape index (κ2) is 9.13. The van der Waals surface area contributed by atoms with Crippen LogP contribution in [0.25, 0.3) is 0 Å². The van der Waals surface area contributed by atoms with Gasteiger partial charge in [-0.05, 0) is 23.8 Å². The van der Waals surface area contributed by atoms with E-state index >= 15 is 0 Å². The van der Waals surface area contributed by atoms with Crippen LogP contribution in [-0.4, -0.2) is 31.1 Å². The van der Waals surface area contributed by atoms with Crippen LogP contribution in [0.15, 0.2) is 72.8 Å². The maximum atomic E-state index is 12.7. The summed E-state index contributed by atoms with van der Waals surface area (Å²) in [6.45, 7) is -0.0390. The second-order valence-electron chi connectivity index (χ2n) is 6.78. The van der Waals surface area contributed by atoms with E-state index in [0.717, 1.165) is 5.56 Å². The summed E-state index contributed by atoms with van der Waals surface area (Å²) >= 11 is 0. The Morgan fingerprint density at radius 3 is 2.35 bits per heavy atom. The Hall–Kier alpha value is -4.13. The highest BCUT2D eigenvalue weighted by atomic mass is 16.7. The molecule has 1 aliphatic rings. The molecule has 1 amide bonds. The third kappa shape index (κ3) is 4.72. The number of ketones is 1. The van der Waals surface area contributed by atoms with Crippen LogP contribution in [0.3, 0.4) is 0 Å². The fourth-order valence-electron chi connectivity index (χ4n) is 3.12. The fraction of sp³-hybridized carbons (Fsp3) is 0.125. The van der Waals surface area contributed by atoms with E-state index in [-0.39, 0.29) is 30.2 Å². The maximum absolute atomic E-state index is 12.7. The standard InChI is InChI=1S/C24H19NO6/c26-22(25-13-16-10-11-20-21(12-16)31-15-30-20)14-29-24(28)19-9-5-4-8-18(19)23(27)17-6-2-1-3-7-17/h1-12H,13-15H2,(H,25,26). The molecule has 0 aliphatic carbocycles. The van der Waals surface area contributed by atoms with Crippen molar-refractivity contribution < 1.29 is 28.6 Å². The normalized spacial score (nSPS) is 11.6. The second-order valence-corrected chi connectivity index (χ2v) is 6.78. The van der Waals surface area contributed by atoms with Crippen LogP contribution in [0, 0.1) is 0 Å². The van der Waals surface area contributed by atoms with Crippen molar-refractivity contribution in [1.82, 2.24) is 5.32 Å².